The molecule has 3 fully saturated rings. The van der Waals surface area contributed by atoms with Gasteiger partial charge in [-0.3, -0.25) is 14.6 Å². The van der Waals surface area contributed by atoms with E-state index >= 15 is 0 Å². The number of likely N-dealkylation sites (N-methyl/N-ethyl adjacent to an activating group) is 1. The fourth-order valence-corrected chi connectivity index (χ4v) is 7.14. The van der Waals surface area contributed by atoms with Crippen molar-refractivity contribution in [1.82, 2.24) is 20.6 Å². The number of nitrogens with zero attached hydrogens (tertiary/aromatic N) is 4. The van der Waals surface area contributed by atoms with E-state index in [9.17, 15) is 19.2 Å². The Kier molecular flexibility index (Phi) is 8.04. The average Bonchev–Trinajstić information content (AvgIpc) is 3.40. The van der Waals surface area contributed by atoms with Crippen molar-refractivity contribution in [3.63, 3.8) is 0 Å². The van der Waals surface area contributed by atoms with Gasteiger partial charge >= 0.3 is 18.6 Å². The van der Waals surface area contributed by atoms with E-state index < -0.39 is 54.5 Å². The zero-order valence-electron chi connectivity index (χ0n) is 25.5. The molecule has 3 aliphatic heterocycles. The Balaban J connectivity index is 1.32. The second-order valence-electron chi connectivity index (χ2n) is 12.6. The number of rotatable bonds is 10. The summed E-state index contributed by atoms with van der Waals surface area (Å²) in [6.07, 6.45) is 4.75. The van der Waals surface area contributed by atoms with Crippen LogP contribution in [0.3, 0.4) is 0 Å². The number of nitrogens with one attached hydrogen (secondary N) is 2. The van der Waals surface area contributed by atoms with Crippen molar-refractivity contribution < 1.29 is 32.9 Å². The van der Waals surface area contributed by atoms with Gasteiger partial charge in [0, 0.05) is 31.5 Å². The van der Waals surface area contributed by atoms with Gasteiger partial charge in [-0.1, -0.05) is 62.4 Å². The number of anilines is 1. The third kappa shape index (κ3) is 5.41. The molecule has 2 unspecified atom stereocenters. The highest BCUT2D eigenvalue weighted by Crippen LogP contribution is 2.47. The number of para-hydroxylation sites is 1. The third-order valence-electron chi connectivity index (χ3n) is 9.40. The van der Waals surface area contributed by atoms with E-state index in [0.717, 1.165) is 11.3 Å². The number of aromatic nitrogens is 2. The second kappa shape index (κ2) is 12.0. The molecule has 2 amide bonds. The standard InChI is InChI=1S/C32H37BN6O6/c1-21(2)16-28(37-29(40)24(17-22-10-6-4-7-11-22)36-30(41)25-18-34-14-15-35-25)33-39(3)26(31(42)44-33)19-38(20-27(39)32(43)45-33)23-12-8-5-9-13-23/h4-15,18,21,24,26-28H,16-17,19-20H2,1-3H3,(H,36,41)(H,37,40)/t24-,26-,27+,28-,33?,39?/m0/s1. The van der Waals surface area contributed by atoms with E-state index in [1.165, 1.54) is 18.6 Å². The van der Waals surface area contributed by atoms with Crippen LogP contribution in [0.5, 0.6) is 0 Å². The highest BCUT2D eigenvalue weighted by Gasteiger charge is 2.78. The molecule has 0 aliphatic carbocycles. The smallest absolute Gasteiger partial charge is 0.599 e. The van der Waals surface area contributed by atoms with Crippen LogP contribution in [0.15, 0.2) is 79.3 Å². The normalized spacial score (nSPS) is 26.4. The first-order chi connectivity index (χ1) is 21.6. The molecule has 3 aliphatic rings. The van der Waals surface area contributed by atoms with Crippen LogP contribution in [-0.4, -0.2) is 89.0 Å². The number of carbonyl (C=O) groups is 4. The highest BCUT2D eigenvalue weighted by molar-refractivity contribution is 6.68. The second-order valence-corrected chi connectivity index (χ2v) is 12.6. The van der Waals surface area contributed by atoms with Crippen LogP contribution < -0.4 is 15.5 Å². The first kappa shape index (κ1) is 30.3. The van der Waals surface area contributed by atoms with Gasteiger partial charge in [0.05, 0.1) is 25.2 Å². The molecular formula is C32H37BN6O6. The minimum atomic E-state index is -2.69. The lowest BCUT2D eigenvalue weighted by atomic mass is 9.56. The van der Waals surface area contributed by atoms with E-state index in [1.807, 2.05) is 86.5 Å². The molecular weight excluding hydrogens is 575 g/mol. The SMILES string of the molecule is CC(C)C[C@H](NC(=O)[C@H](Cc1ccccc1)NC(=O)c1cnccn1)[B-]12OC(=O)[C@H]3CN(c4ccccc4)C[C@@H](C(=O)O1)[N+]32C. The number of amides is 2. The predicted octanol–water partition coefficient (Wildman–Crippen LogP) is 1.64. The van der Waals surface area contributed by atoms with Crippen molar-refractivity contribution in [3.05, 3.63) is 90.5 Å². The predicted molar refractivity (Wildman–Crippen MR) is 165 cm³/mol. The third-order valence-corrected chi connectivity index (χ3v) is 9.40. The lowest BCUT2D eigenvalue weighted by Crippen LogP contribution is -2.79. The maximum Gasteiger partial charge on any atom is 0.606 e. The summed E-state index contributed by atoms with van der Waals surface area (Å²) in [5.74, 6) is -2.77. The first-order valence-electron chi connectivity index (χ1n) is 15.3. The quantitative estimate of drug-likeness (QED) is 0.327. The summed E-state index contributed by atoms with van der Waals surface area (Å²) in [6, 6.07) is 16.5. The molecule has 0 spiro atoms. The molecule has 13 heteroatoms. The summed E-state index contributed by atoms with van der Waals surface area (Å²) in [7, 11) is 1.84. The summed E-state index contributed by atoms with van der Waals surface area (Å²) < 4.78 is 12.3. The summed E-state index contributed by atoms with van der Waals surface area (Å²) in [6.45, 7) is 1.95. The van der Waals surface area contributed by atoms with Crippen molar-refractivity contribution in [2.45, 2.75) is 50.8 Å². The Morgan fingerprint density at radius 1 is 0.956 bits per heavy atom. The Morgan fingerprint density at radius 3 is 2.16 bits per heavy atom. The van der Waals surface area contributed by atoms with Gasteiger partial charge in [-0.15, -0.1) is 0 Å². The molecule has 0 saturated carbocycles. The Labute approximate surface area is 261 Å². The van der Waals surface area contributed by atoms with Gasteiger partial charge in [0.15, 0.2) is 12.1 Å². The maximum absolute atomic E-state index is 14.2. The van der Waals surface area contributed by atoms with Crippen LogP contribution in [0, 0.1) is 5.92 Å². The van der Waals surface area contributed by atoms with Crippen molar-refractivity contribution >= 4 is 36.1 Å². The highest BCUT2D eigenvalue weighted by atomic mass is 16.7. The van der Waals surface area contributed by atoms with Gasteiger partial charge in [0.1, 0.15) is 11.7 Å². The van der Waals surface area contributed by atoms with Crippen LogP contribution in [0.2, 0.25) is 0 Å². The zero-order valence-corrected chi connectivity index (χ0v) is 25.5. The topological polar surface area (TPSA) is 140 Å². The van der Waals surface area contributed by atoms with Crippen LogP contribution in [-0.2, 0) is 30.1 Å². The summed E-state index contributed by atoms with van der Waals surface area (Å²) >= 11 is 0. The van der Waals surface area contributed by atoms with Gasteiger partial charge in [-0.2, -0.15) is 0 Å². The lowest BCUT2D eigenvalue weighted by Gasteiger charge is -2.54. The minimum absolute atomic E-state index is 0.0426. The Hall–Kier alpha value is -4.78. The molecule has 234 valence electrons. The fourth-order valence-electron chi connectivity index (χ4n) is 7.14. The van der Waals surface area contributed by atoms with Gasteiger partial charge in [0.25, 0.3) is 5.91 Å². The van der Waals surface area contributed by atoms with Crippen molar-refractivity contribution in [2.24, 2.45) is 5.92 Å². The van der Waals surface area contributed by atoms with E-state index in [2.05, 4.69) is 20.6 Å². The van der Waals surface area contributed by atoms with Gasteiger partial charge in [0.2, 0.25) is 5.91 Å². The van der Waals surface area contributed by atoms with E-state index in [1.54, 1.807) is 0 Å². The summed E-state index contributed by atoms with van der Waals surface area (Å²) in [5.41, 5.74) is 1.80. The zero-order chi connectivity index (χ0) is 31.8. The molecule has 45 heavy (non-hydrogen) atoms. The lowest BCUT2D eigenvalue weighted by molar-refractivity contribution is -0.845. The molecule has 2 N–H and O–H groups in total. The van der Waals surface area contributed by atoms with Crippen molar-refractivity contribution in [1.29, 1.82) is 0 Å². The summed E-state index contributed by atoms with van der Waals surface area (Å²) in [4.78, 5) is 64.6. The minimum Gasteiger partial charge on any atom is -0.599 e. The average molecular weight is 612 g/mol. The molecule has 0 radical (unpaired) electrons. The molecule has 4 heterocycles. The van der Waals surface area contributed by atoms with Crippen molar-refractivity contribution in [2.75, 3.05) is 25.0 Å². The molecule has 6 rings (SSSR count). The molecule has 3 aromatic rings. The largest absolute Gasteiger partial charge is 0.606 e. The van der Waals surface area contributed by atoms with Crippen LogP contribution >= 0.6 is 0 Å². The number of benzene rings is 2. The monoisotopic (exact) mass is 612 g/mol. The van der Waals surface area contributed by atoms with Crippen molar-refractivity contribution in [3.8, 4) is 0 Å². The van der Waals surface area contributed by atoms with Gasteiger partial charge in [-0.25, -0.2) is 14.6 Å². The molecule has 1 aromatic heterocycles. The van der Waals surface area contributed by atoms with E-state index in [0.29, 0.717) is 19.5 Å². The van der Waals surface area contributed by atoms with Gasteiger partial charge in [-0.05, 0) is 30.0 Å². The first-order valence-corrected chi connectivity index (χ1v) is 15.3. The number of hydrogen-bond acceptors (Lipinski definition) is 9. The summed E-state index contributed by atoms with van der Waals surface area (Å²) in [5, 5.41) is 5.89. The maximum atomic E-state index is 14.2. The van der Waals surface area contributed by atoms with Crippen LogP contribution in [0.4, 0.5) is 5.69 Å². The van der Waals surface area contributed by atoms with Crippen LogP contribution in [0.25, 0.3) is 0 Å². The molecule has 6 atom stereocenters. The number of quaternary nitrogens is 1. The van der Waals surface area contributed by atoms with Crippen LogP contribution in [0.1, 0.15) is 36.3 Å². The molecule has 0 bridgehead atoms. The number of piperazine rings is 1. The number of hydrogen-bond donors (Lipinski definition) is 2. The Bertz CT molecular complexity index is 1550. The fraction of sp³-hybridized carbons (Fsp3) is 0.375. The van der Waals surface area contributed by atoms with Gasteiger partial charge < -0.3 is 29.2 Å². The molecule has 12 nitrogen and oxygen atoms in total. The molecule has 3 saturated heterocycles. The number of carbonyl (C=O) groups excluding carboxylic acids is 4. The van der Waals surface area contributed by atoms with E-state index in [-0.39, 0.29) is 22.4 Å². The Morgan fingerprint density at radius 2 is 1.58 bits per heavy atom. The van der Waals surface area contributed by atoms with E-state index in [4.69, 9.17) is 9.31 Å². The molecule has 2 aromatic carbocycles.